The number of rotatable bonds is 2. The van der Waals surface area contributed by atoms with Crippen LogP contribution in [0.2, 0.25) is 0 Å². The fourth-order valence-corrected chi connectivity index (χ4v) is 0.952. The van der Waals surface area contributed by atoms with Gasteiger partial charge in [0.25, 0.3) is 0 Å². The first-order chi connectivity index (χ1) is 6.16. The first-order valence-electron chi connectivity index (χ1n) is 3.99. The van der Waals surface area contributed by atoms with Crippen molar-refractivity contribution < 1.29 is 9.18 Å². The van der Waals surface area contributed by atoms with Crippen LogP contribution in [-0.4, -0.2) is 5.91 Å². The predicted octanol–water partition coefficient (Wildman–Crippen LogP) is 1.44. The zero-order chi connectivity index (χ0) is 9.84. The summed E-state index contributed by atoms with van der Waals surface area (Å²) in [7, 11) is 0. The van der Waals surface area contributed by atoms with Crippen LogP contribution in [0.25, 0.3) is 0 Å². The molecule has 0 radical (unpaired) electrons. The average molecular weight is 182 g/mol. The maximum absolute atomic E-state index is 13.1. The Labute approximate surface area is 75.9 Å². The van der Waals surface area contributed by atoms with Gasteiger partial charge < -0.3 is 0 Å². The highest BCUT2D eigenvalue weighted by Gasteiger charge is 2.12. The SMILES string of the molecule is CCC(=O)N(N)c1ccccc1F. The van der Waals surface area contributed by atoms with Crippen LogP contribution in [0.15, 0.2) is 24.3 Å². The first kappa shape index (κ1) is 9.67. The van der Waals surface area contributed by atoms with E-state index in [1.54, 1.807) is 19.1 Å². The summed E-state index contributed by atoms with van der Waals surface area (Å²) in [5.74, 6) is 4.59. The van der Waals surface area contributed by atoms with Crippen LogP contribution < -0.4 is 10.9 Å². The predicted molar refractivity (Wildman–Crippen MR) is 48.4 cm³/mol. The molecule has 0 bridgehead atoms. The highest BCUT2D eigenvalue weighted by molar-refractivity contribution is 5.91. The number of halogens is 1. The van der Waals surface area contributed by atoms with Gasteiger partial charge in [-0.2, -0.15) is 0 Å². The lowest BCUT2D eigenvalue weighted by atomic mass is 10.3. The summed E-state index contributed by atoms with van der Waals surface area (Å²) in [6, 6.07) is 5.89. The third-order valence-corrected chi connectivity index (χ3v) is 1.68. The molecule has 1 rings (SSSR count). The number of anilines is 1. The molecule has 0 atom stereocenters. The third kappa shape index (κ3) is 2.03. The van der Waals surface area contributed by atoms with Crippen LogP contribution in [-0.2, 0) is 4.79 Å². The second-order valence-corrected chi connectivity index (χ2v) is 2.57. The number of hydrogen-bond donors (Lipinski definition) is 1. The van der Waals surface area contributed by atoms with E-state index in [1.807, 2.05) is 0 Å². The lowest BCUT2D eigenvalue weighted by Gasteiger charge is -2.15. The van der Waals surface area contributed by atoms with Crippen molar-refractivity contribution in [3.63, 3.8) is 0 Å². The van der Waals surface area contributed by atoms with E-state index >= 15 is 0 Å². The monoisotopic (exact) mass is 182 g/mol. The van der Waals surface area contributed by atoms with Gasteiger partial charge in [-0.05, 0) is 12.1 Å². The van der Waals surface area contributed by atoms with Crippen LogP contribution in [0.4, 0.5) is 10.1 Å². The minimum Gasteiger partial charge on any atom is -0.273 e. The van der Waals surface area contributed by atoms with Gasteiger partial charge in [-0.3, -0.25) is 4.79 Å². The van der Waals surface area contributed by atoms with Crippen molar-refractivity contribution in [3.05, 3.63) is 30.1 Å². The molecule has 70 valence electrons. The molecule has 0 heterocycles. The van der Waals surface area contributed by atoms with Crippen molar-refractivity contribution >= 4 is 11.6 Å². The molecule has 0 aliphatic rings. The molecule has 0 aliphatic carbocycles. The van der Waals surface area contributed by atoms with Gasteiger partial charge in [-0.1, -0.05) is 19.1 Å². The Morgan fingerprint density at radius 2 is 2.15 bits per heavy atom. The Kier molecular flexibility index (Phi) is 2.97. The number of benzene rings is 1. The fraction of sp³-hybridized carbons (Fsp3) is 0.222. The minimum atomic E-state index is -0.494. The lowest BCUT2D eigenvalue weighted by Crippen LogP contribution is -2.37. The van der Waals surface area contributed by atoms with E-state index in [0.29, 0.717) is 0 Å². The van der Waals surface area contributed by atoms with Crippen LogP contribution in [0.5, 0.6) is 0 Å². The molecule has 13 heavy (non-hydrogen) atoms. The molecule has 0 fully saturated rings. The second-order valence-electron chi connectivity index (χ2n) is 2.57. The Bertz CT molecular complexity index is 314. The molecule has 1 aromatic rings. The van der Waals surface area contributed by atoms with Crippen LogP contribution >= 0.6 is 0 Å². The Morgan fingerprint density at radius 3 is 2.69 bits per heavy atom. The highest BCUT2D eigenvalue weighted by atomic mass is 19.1. The van der Waals surface area contributed by atoms with E-state index < -0.39 is 5.82 Å². The number of nitrogens with two attached hydrogens (primary N) is 1. The van der Waals surface area contributed by atoms with E-state index in [4.69, 9.17) is 5.84 Å². The van der Waals surface area contributed by atoms with Crippen LogP contribution in [0, 0.1) is 5.82 Å². The molecule has 0 saturated heterocycles. The molecule has 0 saturated carbocycles. The summed E-state index contributed by atoms with van der Waals surface area (Å²) in [6.07, 6.45) is 0.255. The van der Waals surface area contributed by atoms with Gasteiger partial charge in [0.1, 0.15) is 5.82 Å². The quantitative estimate of drug-likeness (QED) is 0.427. The molecule has 0 unspecified atom stereocenters. The molecule has 1 amide bonds. The Balaban J connectivity index is 2.95. The zero-order valence-corrected chi connectivity index (χ0v) is 7.33. The van der Waals surface area contributed by atoms with Crippen molar-refractivity contribution in [1.29, 1.82) is 0 Å². The van der Waals surface area contributed by atoms with Crippen LogP contribution in [0.3, 0.4) is 0 Å². The van der Waals surface area contributed by atoms with Crippen LogP contribution in [0.1, 0.15) is 13.3 Å². The molecular weight excluding hydrogens is 171 g/mol. The molecule has 0 aromatic heterocycles. The maximum Gasteiger partial charge on any atom is 0.240 e. The van der Waals surface area contributed by atoms with E-state index in [0.717, 1.165) is 5.01 Å². The van der Waals surface area contributed by atoms with Gasteiger partial charge >= 0.3 is 0 Å². The second kappa shape index (κ2) is 4.00. The van der Waals surface area contributed by atoms with Gasteiger partial charge in [0.2, 0.25) is 5.91 Å². The molecule has 2 N–H and O–H groups in total. The van der Waals surface area contributed by atoms with E-state index in [2.05, 4.69) is 0 Å². The summed E-state index contributed by atoms with van der Waals surface area (Å²) in [6.45, 7) is 1.67. The van der Waals surface area contributed by atoms with Gasteiger partial charge in [0, 0.05) is 6.42 Å². The lowest BCUT2D eigenvalue weighted by molar-refractivity contribution is -0.118. The Hall–Kier alpha value is -1.42. The van der Waals surface area contributed by atoms with E-state index in [9.17, 15) is 9.18 Å². The number of hydrogen-bond acceptors (Lipinski definition) is 2. The molecule has 3 nitrogen and oxygen atoms in total. The van der Waals surface area contributed by atoms with Crippen molar-refractivity contribution in [2.45, 2.75) is 13.3 Å². The van der Waals surface area contributed by atoms with Crippen molar-refractivity contribution in [2.75, 3.05) is 5.01 Å². The number of nitrogens with zero attached hydrogens (tertiary/aromatic N) is 1. The number of carbonyl (C=O) groups excluding carboxylic acids is 1. The number of hydrazine groups is 1. The molecular formula is C9H11FN2O. The highest BCUT2D eigenvalue weighted by Crippen LogP contribution is 2.15. The van der Waals surface area contributed by atoms with E-state index in [1.165, 1.54) is 12.1 Å². The van der Waals surface area contributed by atoms with Crippen molar-refractivity contribution in [1.82, 2.24) is 0 Å². The van der Waals surface area contributed by atoms with Gasteiger partial charge in [0.15, 0.2) is 0 Å². The van der Waals surface area contributed by atoms with Gasteiger partial charge in [-0.25, -0.2) is 15.2 Å². The fourth-order valence-electron chi connectivity index (χ4n) is 0.952. The number of carbonyl (C=O) groups is 1. The van der Waals surface area contributed by atoms with Gasteiger partial charge in [0.05, 0.1) is 5.69 Å². The summed E-state index contributed by atoms with van der Waals surface area (Å²) in [5, 5.41) is 0.829. The normalized spacial score (nSPS) is 9.77. The summed E-state index contributed by atoms with van der Waals surface area (Å²) in [5.41, 5.74) is 0.106. The standard InChI is InChI=1S/C9H11FN2O/c1-2-9(13)12(11)8-6-4-3-5-7(8)10/h3-6H,2,11H2,1H3. The van der Waals surface area contributed by atoms with Gasteiger partial charge in [-0.15, -0.1) is 0 Å². The minimum absolute atomic E-state index is 0.106. The number of para-hydroxylation sites is 1. The summed E-state index contributed by atoms with van der Waals surface area (Å²) < 4.78 is 13.1. The third-order valence-electron chi connectivity index (χ3n) is 1.68. The average Bonchev–Trinajstić information content (AvgIpc) is 2.16. The Morgan fingerprint density at radius 1 is 1.54 bits per heavy atom. The number of amides is 1. The van der Waals surface area contributed by atoms with E-state index in [-0.39, 0.29) is 18.0 Å². The molecule has 0 spiro atoms. The molecule has 4 heteroatoms. The largest absolute Gasteiger partial charge is 0.273 e. The smallest absolute Gasteiger partial charge is 0.240 e. The summed E-state index contributed by atoms with van der Waals surface area (Å²) >= 11 is 0. The first-order valence-corrected chi connectivity index (χ1v) is 3.99. The zero-order valence-electron chi connectivity index (χ0n) is 7.33. The van der Waals surface area contributed by atoms with Crippen molar-refractivity contribution in [2.24, 2.45) is 5.84 Å². The molecule has 1 aromatic carbocycles. The topological polar surface area (TPSA) is 46.3 Å². The molecule has 0 aliphatic heterocycles. The van der Waals surface area contributed by atoms with Crippen molar-refractivity contribution in [3.8, 4) is 0 Å². The summed E-state index contributed by atoms with van der Waals surface area (Å²) in [4.78, 5) is 11.1. The maximum atomic E-state index is 13.1.